The van der Waals surface area contributed by atoms with Gasteiger partial charge in [0.05, 0.1) is 12.2 Å². The standard InChI is InChI=1S/C21H30N2O2/c24-21(17-9-5-2-6-10-17)22-13-18-11-12-19-20(25-18)15-23(19)14-16-7-3-1-4-8-16/h2,5-6,9-10,16,18-20H,1,3-4,7-8,11-15H2,(H,22,24)/t18-,19+,20+/m0/s1. The van der Waals surface area contributed by atoms with Crippen LogP contribution in [0.3, 0.4) is 0 Å². The summed E-state index contributed by atoms with van der Waals surface area (Å²) >= 11 is 0. The Hall–Kier alpha value is -1.39. The average Bonchev–Trinajstić information content (AvgIpc) is 2.66. The molecule has 0 radical (unpaired) electrons. The molecule has 0 spiro atoms. The van der Waals surface area contributed by atoms with Crippen LogP contribution >= 0.6 is 0 Å². The summed E-state index contributed by atoms with van der Waals surface area (Å²) < 4.78 is 6.23. The fourth-order valence-electron chi connectivity index (χ4n) is 4.72. The van der Waals surface area contributed by atoms with Crippen LogP contribution in [0.1, 0.15) is 55.3 Å². The Balaban J connectivity index is 1.19. The monoisotopic (exact) mass is 342 g/mol. The molecule has 25 heavy (non-hydrogen) atoms. The van der Waals surface area contributed by atoms with Crippen LogP contribution in [0.2, 0.25) is 0 Å². The molecule has 1 amide bonds. The molecule has 0 aromatic heterocycles. The molecule has 4 rings (SSSR count). The molecule has 1 aromatic carbocycles. The Morgan fingerprint density at radius 1 is 1.08 bits per heavy atom. The fraction of sp³-hybridized carbons (Fsp3) is 0.667. The Morgan fingerprint density at radius 2 is 1.88 bits per heavy atom. The van der Waals surface area contributed by atoms with Crippen molar-refractivity contribution in [2.45, 2.75) is 63.2 Å². The van der Waals surface area contributed by atoms with Crippen LogP contribution < -0.4 is 5.32 Å². The van der Waals surface area contributed by atoms with Gasteiger partial charge in [0.1, 0.15) is 0 Å². The van der Waals surface area contributed by atoms with Crippen molar-refractivity contribution in [3.05, 3.63) is 35.9 Å². The van der Waals surface area contributed by atoms with Crippen molar-refractivity contribution >= 4 is 5.91 Å². The summed E-state index contributed by atoms with van der Waals surface area (Å²) in [5.74, 6) is 0.913. The number of rotatable bonds is 5. The predicted molar refractivity (Wildman–Crippen MR) is 98.6 cm³/mol. The van der Waals surface area contributed by atoms with Crippen molar-refractivity contribution in [2.24, 2.45) is 5.92 Å². The minimum Gasteiger partial charge on any atom is -0.370 e. The van der Waals surface area contributed by atoms with Gasteiger partial charge in [-0.05, 0) is 43.7 Å². The smallest absolute Gasteiger partial charge is 0.251 e. The number of nitrogens with zero attached hydrogens (tertiary/aromatic N) is 1. The van der Waals surface area contributed by atoms with Gasteiger partial charge in [-0.1, -0.05) is 37.5 Å². The number of ether oxygens (including phenoxy) is 1. The molecule has 4 nitrogen and oxygen atoms in total. The van der Waals surface area contributed by atoms with Gasteiger partial charge < -0.3 is 10.1 Å². The number of hydrogen-bond donors (Lipinski definition) is 1. The van der Waals surface area contributed by atoms with Gasteiger partial charge in [0.15, 0.2) is 0 Å². The highest BCUT2D eigenvalue weighted by atomic mass is 16.5. The maximum Gasteiger partial charge on any atom is 0.251 e. The highest BCUT2D eigenvalue weighted by Gasteiger charge is 2.44. The number of nitrogens with one attached hydrogen (secondary N) is 1. The second-order valence-electron chi connectivity index (χ2n) is 7.98. The van der Waals surface area contributed by atoms with Gasteiger partial charge >= 0.3 is 0 Å². The lowest BCUT2D eigenvalue weighted by Crippen LogP contribution is -2.65. The summed E-state index contributed by atoms with van der Waals surface area (Å²) in [6, 6.07) is 10.0. The van der Waals surface area contributed by atoms with Gasteiger partial charge in [-0.15, -0.1) is 0 Å². The molecule has 1 aromatic rings. The first-order valence-corrected chi connectivity index (χ1v) is 10.0. The van der Waals surface area contributed by atoms with Crippen LogP contribution in [0.5, 0.6) is 0 Å². The second kappa shape index (κ2) is 7.88. The fourth-order valence-corrected chi connectivity index (χ4v) is 4.72. The van der Waals surface area contributed by atoms with Crippen molar-refractivity contribution in [1.29, 1.82) is 0 Å². The molecule has 3 atom stereocenters. The maximum atomic E-state index is 12.1. The number of carbonyl (C=O) groups excluding carboxylic acids is 1. The van der Waals surface area contributed by atoms with E-state index < -0.39 is 0 Å². The zero-order valence-electron chi connectivity index (χ0n) is 15.0. The minimum atomic E-state index is -0.00106. The molecular formula is C21H30N2O2. The summed E-state index contributed by atoms with van der Waals surface area (Å²) in [5.41, 5.74) is 0.721. The molecule has 0 unspecified atom stereocenters. The van der Waals surface area contributed by atoms with Gasteiger partial charge in [-0.25, -0.2) is 0 Å². The Morgan fingerprint density at radius 3 is 2.64 bits per heavy atom. The first kappa shape index (κ1) is 17.0. The third-order valence-corrected chi connectivity index (χ3v) is 6.21. The summed E-state index contributed by atoms with van der Waals surface area (Å²) in [7, 11) is 0. The van der Waals surface area contributed by atoms with Crippen molar-refractivity contribution < 1.29 is 9.53 Å². The number of fused-ring (bicyclic) bond motifs is 1. The summed E-state index contributed by atoms with van der Waals surface area (Å²) in [6.07, 6.45) is 9.94. The van der Waals surface area contributed by atoms with E-state index in [0.29, 0.717) is 18.7 Å². The molecule has 2 saturated heterocycles. The zero-order valence-corrected chi connectivity index (χ0v) is 15.0. The average molecular weight is 342 g/mol. The number of likely N-dealkylation sites (tertiary alicyclic amines) is 1. The third-order valence-electron chi connectivity index (χ3n) is 6.21. The number of carbonyl (C=O) groups is 1. The molecule has 0 bridgehead atoms. The lowest BCUT2D eigenvalue weighted by atomic mass is 9.84. The van der Waals surface area contributed by atoms with Crippen molar-refractivity contribution in [3.63, 3.8) is 0 Å². The number of benzene rings is 1. The summed E-state index contributed by atoms with van der Waals surface area (Å²) in [5, 5.41) is 3.03. The zero-order chi connectivity index (χ0) is 17.1. The third kappa shape index (κ3) is 4.06. The first-order chi connectivity index (χ1) is 12.3. The van der Waals surface area contributed by atoms with Gasteiger partial charge in [-0.3, -0.25) is 9.69 Å². The predicted octanol–water partition coefficient (Wildman–Crippen LogP) is 3.23. The molecule has 2 aliphatic heterocycles. The van der Waals surface area contributed by atoms with Crippen molar-refractivity contribution in [1.82, 2.24) is 10.2 Å². The highest BCUT2D eigenvalue weighted by Crippen LogP contribution is 2.34. The van der Waals surface area contributed by atoms with Crippen LogP contribution in [0.25, 0.3) is 0 Å². The molecule has 1 N–H and O–H groups in total. The van der Waals surface area contributed by atoms with E-state index in [0.717, 1.165) is 24.4 Å². The van der Waals surface area contributed by atoms with E-state index in [9.17, 15) is 4.79 Å². The van der Waals surface area contributed by atoms with E-state index in [1.54, 1.807) is 0 Å². The molecule has 3 fully saturated rings. The molecule has 136 valence electrons. The van der Waals surface area contributed by atoms with E-state index >= 15 is 0 Å². The van der Waals surface area contributed by atoms with E-state index in [1.165, 1.54) is 45.1 Å². The lowest BCUT2D eigenvalue weighted by molar-refractivity contribution is -0.169. The lowest BCUT2D eigenvalue weighted by Gasteiger charge is -2.53. The topological polar surface area (TPSA) is 41.6 Å². The van der Waals surface area contributed by atoms with Crippen LogP contribution in [0.4, 0.5) is 0 Å². The van der Waals surface area contributed by atoms with Crippen LogP contribution in [0.15, 0.2) is 30.3 Å². The molecular weight excluding hydrogens is 312 g/mol. The minimum absolute atomic E-state index is 0.00106. The molecule has 1 saturated carbocycles. The first-order valence-electron chi connectivity index (χ1n) is 10.0. The Kier molecular flexibility index (Phi) is 5.37. The quantitative estimate of drug-likeness (QED) is 0.893. The Bertz CT molecular complexity index is 571. The Labute approximate surface area is 150 Å². The van der Waals surface area contributed by atoms with Crippen molar-refractivity contribution in [2.75, 3.05) is 19.6 Å². The van der Waals surface area contributed by atoms with Crippen LogP contribution in [-0.4, -0.2) is 48.7 Å². The maximum absolute atomic E-state index is 12.1. The molecule has 4 heteroatoms. The highest BCUT2D eigenvalue weighted by molar-refractivity contribution is 5.94. The second-order valence-corrected chi connectivity index (χ2v) is 7.98. The van der Waals surface area contributed by atoms with E-state index in [2.05, 4.69) is 10.2 Å². The van der Waals surface area contributed by atoms with E-state index in [-0.39, 0.29) is 12.0 Å². The number of hydrogen-bond acceptors (Lipinski definition) is 3. The van der Waals surface area contributed by atoms with E-state index in [1.807, 2.05) is 30.3 Å². The van der Waals surface area contributed by atoms with E-state index in [4.69, 9.17) is 4.74 Å². The largest absolute Gasteiger partial charge is 0.370 e. The van der Waals surface area contributed by atoms with Gasteiger partial charge in [0.25, 0.3) is 5.91 Å². The molecule has 2 heterocycles. The normalized spacial score (nSPS) is 30.3. The van der Waals surface area contributed by atoms with Crippen molar-refractivity contribution in [3.8, 4) is 0 Å². The number of amides is 1. The molecule has 3 aliphatic rings. The summed E-state index contributed by atoms with van der Waals surface area (Å²) in [4.78, 5) is 14.8. The van der Waals surface area contributed by atoms with Crippen LogP contribution in [-0.2, 0) is 4.74 Å². The van der Waals surface area contributed by atoms with Gasteiger partial charge in [0.2, 0.25) is 0 Å². The SMILES string of the molecule is O=C(NC[C@@H]1CC[C@@H]2[C@@H](CN2CC2CCCCC2)O1)c1ccccc1. The van der Waals surface area contributed by atoms with Gasteiger partial charge in [0, 0.05) is 31.2 Å². The summed E-state index contributed by atoms with van der Waals surface area (Å²) in [6.45, 7) is 2.99. The van der Waals surface area contributed by atoms with Crippen LogP contribution in [0, 0.1) is 5.92 Å². The van der Waals surface area contributed by atoms with Gasteiger partial charge in [-0.2, -0.15) is 0 Å². The molecule has 1 aliphatic carbocycles.